The normalized spacial score (nSPS) is 22.8. The maximum Gasteiger partial charge on any atom is 0.416 e. The van der Waals surface area contributed by atoms with E-state index in [4.69, 9.17) is 5.73 Å². The smallest absolute Gasteiger partial charge is 0.399 e. The highest BCUT2D eigenvalue weighted by atomic mass is 19.4. The van der Waals surface area contributed by atoms with Crippen molar-refractivity contribution in [3.8, 4) is 18.2 Å². The second-order valence-electron chi connectivity index (χ2n) is 7.18. The van der Waals surface area contributed by atoms with E-state index in [1.54, 1.807) is 18.2 Å². The molecule has 0 bridgehead atoms. The third-order valence-electron chi connectivity index (χ3n) is 5.71. The van der Waals surface area contributed by atoms with Gasteiger partial charge < -0.3 is 10.6 Å². The number of carbonyl (C=O) groups is 1. The van der Waals surface area contributed by atoms with Gasteiger partial charge in [-0.05, 0) is 17.2 Å². The van der Waals surface area contributed by atoms with Gasteiger partial charge in [-0.2, -0.15) is 29.0 Å². The van der Waals surface area contributed by atoms with Gasteiger partial charge in [0.2, 0.25) is 5.91 Å². The molecule has 1 aromatic carbocycles. The van der Waals surface area contributed by atoms with Gasteiger partial charge in [-0.15, -0.1) is 0 Å². The number of rotatable bonds is 1. The van der Waals surface area contributed by atoms with Crippen molar-refractivity contribution in [3.05, 3.63) is 58.3 Å². The van der Waals surface area contributed by atoms with Crippen LogP contribution in [0, 0.1) is 45.3 Å². The minimum Gasteiger partial charge on any atom is -0.399 e. The van der Waals surface area contributed by atoms with Gasteiger partial charge in [-0.1, -0.05) is 24.3 Å². The molecule has 30 heavy (non-hydrogen) atoms. The zero-order valence-electron chi connectivity index (χ0n) is 15.9. The first-order valence-corrected chi connectivity index (χ1v) is 8.97. The van der Waals surface area contributed by atoms with Gasteiger partial charge in [-0.3, -0.25) is 4.79 Å². The number of hydrogen-bond donors (Lipinski definition) is 1. The molecule has 0 saturated heterocycles. The van der Waals surface area contributed by atoms with E-state index in [-0.39, 0.29) is 35.8 Å². The predicted molar refractivity (Wildman–Crippen MR) is 98.5 cm³/mol. The number of allylic oxidation sites excluding steroid dienone is 2. The number of nitrogens with two attached hydrogens (primary N) is 1. The molecule has 2 atom stereocenters. The largest absolute Gasteiger partial charge is 0.416 e. The summed E-state index contributed by atoms with van der Waals surface area (Å²) in [5.41, 5.74) is 2.53. The van der Waals surface area contributed by atoms with Crippen molar-refractivity contribution in [2.75, 3.05) is 13.1 Å². The van der Waals surface area contributed by atoms with Gasteiger partial charge >= 0.3 is 6.18 Å². The predicted octanol–water partition coefficient (Wildman–Crippen LogP) is 2.98. The molecular weight excluding hydrogens is 395 g/mol. The Morgan fingerprint density at radius 3 is 2.40 bits per heavy atom. The lowest BCUT2D eigenvalue weighted by atomic mass is 9.57. The van der Waals surface area contributed by atoms with E-state index < -0.39 is 29.0 Å². The van der Waals surface area contributed by atoms with Crippen LogP contribution >= 0.6 is 0 Å². The number of alkyl halides is 3. The summed E-state index contributed by atoms with van der Waals surface area (Å²) in [4.78, 5) is 13.3. The summed E-state index contributed by atoms with van der Waals surface area (Å²) < 4.78 is 41.4. The number of benzene rings is 1. The molecule has 1 aliphatic heterocycles. The quantitative estimate of drug-likeness (QED) is 0.762. The maximum absolute atomic E-state index is 13.8. The molecule has 0 aromatic heterocycles. The van der Waals surface area contributed by atoms with E-state index in [0.29, 0.717) is 5.57 Å². The maximum atomic E-state index is 13.8. The van der Waals surface area contributed by atoms with Gasteiger partial charge in [0.15, 0.2) is 5.41 Å². The van der Waals surface area contributed by atoms with Crippen molar-refractivity contribution < 1.29 is 18.0 Å². The van der Waals surface area contributed by atoms with E-state index in [1.165, 1.54) is 30.0 Å². The number of nitriles is 3. The Bertz CT molecular complexity index is 1080. The van der Waals surface area contributed by atoms with Crippen LogP contribution in [0.15, 0.2) is 47.2 Å². The van der Waals surface area contributed by atoms with Gasteiger partial charge in [0.05, 0.1) is 29.0 Å². The molecule has 0 spiro atoms. The fraction of sp³-hybridized carbons (Fsp3) is 0.333. The highest BCUT2D eigenvalue weighted by Crippen LogP contribution is 2.55. The monoisotopic (exact) mass is 411 g/mol. The Labute approximate surface area is 170 Å². The van der Waals surface area contributed by atoms with Crippen LogP contribution in [0.1, 0.15) is 24.0 Å². The first kappa shape index (κ1) is 21.0. The molecule has 9 heteroatoms. The standard InChI is InChI=1S/C21H16F3N5O/c1-12(30)29-7-6-13-15(8-25)19(28)20(10-26,11-27)18(16(13)9-29)14-4-2-3-5-17(14)21(22,23)24/h2-6,16,18H,7,9,28H2,1H3/t16-,18+/m1/s1. The Kier molecular flexibility index (Phi) is 5.06. The van der Waals surface area contributed by atoms with Crippen LogP contribution in [0.2, 0.25) is 0 Å². The Morgan fingerprint density at radius 2 is 1.87 bits per heavy atom. The molecule has 0 radical (unpaired) electrons. The molecule has 0 fully saturated rings. The Balaban J connectivity index is 2.39. The van der Waals surface area contributed by atoms with E-state index in [9.17, 15) is 33.8 Å². The molecule has 0 unspecified atom stereocenters. The van der Waals surface area contributed by atoms with Gasteiger partial charge in [-0.25, -0.2) is 0 Å². The van der Waals surface area contributed by atoms with Crippen molar-refractivity contribution in [2.45, 2.75) is 19.0 Å². The highest BCUT2D eigenvalue weighted by Gasteiger charge is 2.56. The topological polar surface area (TPSA) is 118 Å². The first-order chi connectivity index (χ1) is 14.1. The van der Waals surface area contributed by atoms with Crippen LogP contribution in [0.5, 0.6) is 0 Å². The van der Waals surface area contributed by atoms with Crippen molar-refractivity contribution in [1.82, 2.24) is 4.90 Å². The van der Waals surface area contributed by atoms with E-state index in [1.807, 2.05) is 6.07 Å². The van der Waals surface area contributed by atoms with E-state index in [2.05, 4.69) is 0 Å². The van der Waals surface area contributed by atoms with Crippen molar-refractivity contribution in [1.29, 1.82) is 15.8 Å². The summed E-state index contributed by atoms with van der Waals surface area (Å²) in [5, 5.41) is 29.5. The van der Waals surface area contributed by atoms with Crippen molar-refractivity contribution >= 4 is 5.91 Å². The van der Waals surface area contributed by atoms with Crippen LogP contribution in [-0.2, 0) is 11.0 Å². The summed E-state index contributed by atoms with van der Waals surface area (Å²) >= 11 is 0. The summed E-state index contributed by atoms with van der Waals surface area (Å²) in [6, 6.07) is 10.2. The Morgan fingerprint density at radius 1 is 1.23 bits per heavy atom. The van der Waals surface area contributed by atoms with Crippen molar-refractivity contribution in [3.63, 3.8) is 0 Å². The van der Waals surface area contributed by atoms with Crippen LogP contribution in [0.4, 0.5) is 13.2 Å². The number of fused-ring (bicyclic) bond motifs is 1. The molecule has 1 heterocycles. The zero-order chi connectivity index (χ0) is 22.3. The van der Waals surface area contributed by atoms with Crippen LogP contribution < -0.4 is 5.73 Å². The lowest BCUT2D eigenvalue weighted by molar-refractivity contribution is -0.139. The molecule has 152 valence electrons. The average Bonchev–Trinajstić information content (AvgIpc) is 2.72. The van der Waals surface area contributed by atoms with E-state index >= 15 is 0 Å². The van der Waals surface area contributed by atoms with Crippen LogP contribution in [0.3, 0.4) is 0 Å². The molecule has 2 N–H and O–H groups in total. The van der Waals surface area contributed by atoms with Gasteiger partial charge in [0.25, 0.3) is 0 Å². The number of nitrogens with zero attached hydrogens (tertiary/aromatic N) is 4. The third kappa shape index (κ3) is 2.98. The molecule has 0 saturated carbocycles. The number of amides is 1. The minimum atomic E-state index is -4.74. The molecule has 1 amide bonds. The fourth-order valence-electron chi connectivity index (χ4n) is 4.31. The minimum absolute atomic E-state index is 0.0401. The summed E-state index contributed by atoms with van der Waals surface area (Å²) in [6.45, 7) is 1.43. The summed E-state index contributed by atoms with van der Waals surface area (Å²) in [6.07, 6.45) is -3.18. The molecule has 1 aliphatic carbocycles. The fourth-order valence-corrected chi connectivity index (χ4v) is 4.31. The molecular formula is C21H16F3N5O. The second-order valence-corrected chi connectivity index (χ2v) is 7.18. The third-order valence-corrected chi connectivity index (χ3v) is 5.71. The zero-order valence-corrected chi connectivity index (χ0v) is 15.9. The van der Waals surface area contributed by atoms with Gasteiger partial charge in [0.1, 0.15) is 6.07 Å². The van der Waals surface area contributed by atoms with Gasteiger partial charge in [0, 0.05) is 31.8 Å². The van der Waals surface area contributed by atoms with Crippen LogP contribution in [-0.4, -0.2) is 23.9 Å². The lowest BCUT2D eigenvalue weighted by Gasteiger charge is -2.46. The number of hydrogen-bond acceptors (Lipinski definition) is 5. The number of halogens is 3. The van der Waals surface area contributed by atoms with Crippen LogP contribution in [0.25, 0.3) is 0 Å². The molecule has 2 aliphatic rings. The number of carbonyl (C=O) groups excluding carboxylic acids is 1. The SMILES string of the molecule is CC(=O)N1CC=C2C(C#N)=C(N)C(C#N)(C#N)[C@@H](c3ccccc3C(F)(F)F)[C@@H]2C1. The summed E-state index contributed by atoms with van der Waals surface area (Å²) in [7, 11) is 0. The lowest BCUT2D eigenvalue weighted by Crippen LogP contribution is -2.49. The molecule has 3 rings (SSSR count). The Hall–Kier alpha value is -3.77. The highest BCUT2D eigenvalue weighted by molar-refractivity contribution is 5.74. The average molecular weight is 411 g/mol. The first-order valence-electron chi connectivity index (χ1n) is 8.97. The second kappa shape index (κ2) is 7.24. The van der Waals surface area contributed by atoms with E-state index in [0.717, 1.165) is 6.07 Å². The van der Waals surface area contributed by atoms with Crippen molar-refractivity contribution in [2.24, 2.45) is 17.1 Å². The molecule has 1 aromatic rings. The summed E-state index contributed by atoms with van der Waals surface area (Å²) in [5.74, 6) is -2.52. The molecule has 6 nitrogen and oxygen atoms in total.